The fourth-order valence-electron chi connectivity index (χ4n) is 4.51. The van der Waals surface area contributed by atoms with Gasteiger partial charge in [0.1, 0.15) is 21.9 Å². The molecule has 0 saturated carbocycles. The van der Waals surface area contributed by atoms with Crippen molar-refractivity contribution in [1.82, 2.24) is 9.80 Å². The van der Waals surface area contributed by atoms with Gasteiger partial charge in [0.15, 0.2) is 0 Å². The monoisotopic (exact) mass is 607 g/mol. The molecule has 0 N–H and O–H groups in total. The summed E-state index contributed by atoms with van der Waals surface area (Å²) in [5.74, 6) is -0.488. The molecule has 3 atom stereocenters. The summed E-state index contributed by atoms with van der Waals surface area (Å²) in [6, 6.07) is 2.81. The van der Waals surface area contributed by atoms with Crippen LogP contribution in [0.5, 0.6) is 0 Å². The van der Waals surface area contributed by atoms with Crippen LogP contribution in [0.25, 0.3) is 0 Å². The van der Waals surface area contributed by atoms with Gasteiger partial charge in [0, 0.05) is 26.4 Å². The lowest BCUT2D eigenvalue weighted by Crippen LogP contribution is -2.48. The Hall–Kier alpha value is -2.80. The molecule has 1 unspecified atom stereocenters. The zero-order valence-corrected chi connectivity index (χ0v) is 24.3. The molecule has 41 heavy (non-hydrogen) atoms. The maximum atomic E-state index is 13.9. The number of alkyl halides is 6. The standard InChI is InChI=1S/C28H32F7N3O2S/c1-16-11-21(29)7-8-23(16)24-15-22(36-41(40)26(3,4)5)9-10-38(24)25(39)37(6)17(2)18-12-19(27(30,31)32)14-20(13-18)28(33,34)35/h7-8,11-14,17,24H,9-10,15H2,1-6H3/t17-,24-,41?/m1/s1. The predicted octanol–water partition coefficient (Wildman–Crippen LogP) is 8.02. The molecule has 0 spiro atoms. The Balaban J connectivity index is 2.00. The number of likely N-dealkylation sites (tertiary alicyclic amines) is 1. The fraction of sp³-hybridized carbons (Fsp3) is 0.500. The van der Waals surface area contributed by atoms with Crippen molar-refractivity contribution >= 4 is 23.1 Å². The number of rotatable bonds is 4. The molecule has 1 aliphatic rings. The molecule has 226 valence electrons. The van der Waals surface area contributed by atoms with E-state index in [1.807, 2.05) is 0 Å². The summed E-state index contributed by atoms with van der Waals surface area (Å²) in [7, 11) is 1.30. The average Bonchev–Trinajstić information content (AvgIpc) is 2.85. The van der Waals surface area contributed by atoms with E-state index in [-0.39, 0.29) is 31.0 Å². The maximum Gasteiger partial charge on any atom is 0.416 e. The maximum absolute atomic E-state index is 13.9. The fourth-order valence-corrected chi connectivity index (χ4v) is 5.18. The number of carbonyl (C=O) groups is 1. The molecule has 13 heteroatoms. The van der Waals surface area contributed by atoms with Crippen LogP contribution in [0.1, 0.15) is 80.4 Å². The Kier molecular flexibility index (Phi) is 9.44. The van der Waals surface area contributed by atoms with Gasteiger partial charge >= 0.3 is 18.4 Å². The molecule has 1 heterocycles. The summed E-state index contributed by atoms with van der Waals surface area (Å²) in [6.07, 6.45) is -9.63. The van der Waals surface area contributed by atoms with Crippen LogP contribution in [0.3, 0.4) is 0 Å². The van der Waals surface area contributed by atoms with Crippen LogP contribution >= 0.6 is 0 Å². The van der Waals surface area contributed by atoms with Crippen LogP contribution in [-0.2, 0) is 23.7 Å². The van der Waals surface area contributed by atoms with Crippen LogP contribution in [0.15, 0.2) is 40.8 Å². The molecule has 2 aromatic carbocycles. The number of urea groups is 1. The minimum Gasteiger partial charge on any atom is -0.591 e. The smallest absolute Gasteiger partial charge is 0.416 e. The second kappa shape index (κ2) is 11.8. The average molecular weight is 608 g/mol. The van der Waals surface area contributed by atoms with E-state index < -0.39 is 63.5 Å². The molecule has 0 bridgehead atoms. The third-order valence-corrected chi connectivity index (χ3v) is 8.47. The first kappa shape index (κ1) is 32.7. The number of halogens is 7. The molecule has 1 saturated heterocycles. The lowest BCUT2D eigenvalue weighted by molar-refractivity contribution is -0.143. The van der Waals surface area contributed by atoms with E-state index in [1.54, 1.807) is 27.7 Å². The van der Waals surface area contributed by atoms with E-state index in [2.05, 4.69) is 4.40 Å². The topological polar surface area (TPSA) is 59.0 Å². The molecule has 3 rings (SSSR count). The first-order valence-corrected chi connectivity index (χ1v) is 13.9. The number of carbonyl (C=O) groups excluding carboxylic acids is 1. The summed E-state index contributed by atoms with van der Waals surface area (Å²) in [5.41, 5.74) is -1.57. The Morgan fingerprint density at radius 3 is 2.10 bits per heavy atom. The second-order valence-corrected chi connectivity index (χ2v) is 13.0. The van der Waals surface area contributed by atoms with Crippen molar-refractivity contribution in [3.05, 3.63) is 70.0 Å². The Morgan fingerprint density at radius 2 is 1.61 bits per heavy atom. The van der Waals surface area contributed by atoms with Crippen molar-refractivity contribution in [1.29, 1.82) is 0 Å². The molecular formula is C28H32F7N3O2S. The molecule has 1 fully saturated rings. The van der Waals surface area contributed by atoms with E-state index in [0.717, 1.165) is 4.90 Å². The highest BCUT2D eigenvalue weighted by Crippen LogP contribution is 2.39. The van der Waals surface area contributed by atoms with Gasteiger partial charge in [-0.3, -0.25) is 0 Å². The van der Waals surface area contributed by atoms with Crippen molar-refractivity contribution in [2.75, 3.05) is 13.6 Å². The highest BCUT2D eigenvalue weighted by molar-refractivity contribution is 7.91. The normalized spacial score (nSPS) is 19.3. The molecule has 0 aliphatic carbocycles. The van der Waals surface area contributed by atoms with Crippen molar-refractivity contribution in [2.24, 2.45) is 4.40 Å². The zero-order valence-electron chi connectivity index (χ0n) is 23.5. The van der Waals surface area contributed by atoms with E-state index in [0.29, 0.717) is 29.0 Å². The number of amides is 2. The third kappa shape index (κ3) is 7.73. The first-order valence-electron chi connectivity index (χ1n) is 12.8. The molecule has 1 aliphatic heterocycles. The zero-order chi connectivity index (χ0) is 31.1. The molecular weight excluding hydrogens is 575 g/mol. The summed E-state index contributed by atoms with van der Waals surface area (Å²) in [4.78, 5) is 16.3. The van der Waals surface area contributed by atoms with Crippen molar-refractivity contribution in [3.63, 3.8) is 0 Å². The van der Waals surface area contributed by atoms with Gasteiger partial charge < -0.3 is 14.4 Å². The quantitative estimate of drug-likeness (QED) is 0.261. The van der Waals surface area contributed by atoms with Gasteiger partial charge in [0.25, 0.3) is 0 Å². The lowest BCUT2D eigenvalue weighted by atomic mass is 9.91. The third-order valence-electron chi connectivity index (χ3n) is 6.99. The van der Waals surface area contributed by atoms with Crippen molar-refractivity contribution in [2.45, 2.75) is 76.6 Å². The number of piperidine rings is 1. The van der Waals surface area contributed by atoms with Crippen LogP contribution in [0.4, 0.5) is 35.5 Å². The predicted molar refractivity (Wildman–Crippen MR) is 143 cm³/mol. The van der Waals surface area contributed by atoms with Gasteiger partial charge in [-0.05, 0) is 81.6 Å². The summed E-state index contributed by atoms with van der Waals surface area (Å²) >= 11 is -1.57. The van der Waals surface area contributed by atoms with Gasteiger partial charge in [-0.2, -0.15) is 26.3 Å². The van der Waals surface area contributed by atoms with Crippen molar-refractivity contribution < 1.29 is 40.1 Å². The number of aryl methyl sites for hydroxylation is 1. The van der Waals surface area contributed by atoms with Gasteiger partial charge in [-0.1, -0.05) is 10.5 Å². The highest BCUT2D eigenvalue weighted by atomic mass is 32.2. The number of hydrogen-bond acceptors (Lipinski definition) is 3. The van der Waals surface area contributed by atoms with Crippen LogP contribution in [-0.4, -0.2) is 44.4 Å². The van der Waals surface area contributed by atoms with Crippen LogP contribution in [0, 0.1) is 12.7 Å². The lowest BCUT2D eigenvalue weighted by Gasteiger charge is -2.40. The van der Waals surface area contributed by atoms with Gasteiger partial charge in [-0.25, -0.2) is 9.18 Å². The molecule has 2 aromatic rings. The Morgan fingerprint density at radius 1 is 1.05 bits per heavy atom. The van der Waals surface area contributed by atoms with E-state index in [1.165, 1.54) is 37.1 Å². The first-order chi connectivity index (χ1) is 18.7. The number of hydrogen-bond donors (Lipinski definition) is 0. The highest BCUT2D eigenvalue weighted by Gasteiger charge is 2.40. The molecule has 5 nitrogen and oxygen atoms in total. The minimum absolute atomic E-state index is 0.0401. The minimum atomic E-state index is -5.03. The molecule has 2 amide bonds. The Labute approximate surface area is 237 Å². The van der Waals surface area contributed by atoms with Gasteiger partial charge in [0.2, 0.25) is 0 Å². The summed E-state index contributed by atoms with van der Waals surface area (Å²) in [5, 5.41) is 0. The largest absolute Gasteiger partial charge is 0.591 e. The second-order valence-electron chi connectivity index (χ2n) is 11.1. The van der Waals surface area contributed by atoms with E-state index in [9.17, 15) is 40.1 Å². The van der Waals surface area contributed by atoms with Crippen LogP contribution in [0.2, 0.25) is 0 Å². The van der Waals surface area contributed by atoms with Crippen LogP contribution < -0.4 is 0 Å². The SMILES string of the molecule is Cc1cc(F)ccc1[C@H]1CC(=N[S+]([O-])C(C)(C)C)CCN1C(=O)N(C)[C@H](C)c1cc(C(F)(F)F)cc(C(F)(F)F)c1. The number of benzene rings is 2. The van der Waals surface area contributed by atoms with Gasteiger partial charge in [0.05, 0.1) is 28.9 Å². The van der Waals surface area contributed by atoms with E-state index >= 15 is 0 Å². The number of nitrogens with zero attached hydrogens (tertiary/aromatic N) is 3. The molecule has 0 aromatic heterocycles. The molecule has 0 radical (unpaired) electrons. The van der Waals surface area contributed by atoms with Crippen molar-refractivity contribution in [3.8, 4) is 0 Å². The Bertz CT molecular complexity index is 1270. The summed E-state index contributed by atoms with van der Waals surface area (Å²) in [6.45, 7) is 8.39. The summed E-state index contributed by atoms with van der Waals surface area (Å²) < 4.78 is 111. The van der Waals surface area contributed by atoms with E-state index in [4.69, 9.17) is 0 Å². The van der Waals surface area contributed by atoms with Gasteiger partial charge in [-0.15, -0.1) is 0 Å².